The number of nitrogens with one attached hydrogen (secondary N) is 1. The highest BCUT2D eigenvalue weighted by atomic mass is 127. The highest BCUT2D eigenvalue weighted by Crippen LogP contribution is 2.25. The molecule has 4 aromatic rings. The molecule has 0 saturated heterocycles. The monoisotopic (exact) mass is 451 g/mol. The van der Waals surface area contributed by atoms with Gasteiger partial charge in [-0.25, -0.2) is 4.98 Å². The Balaban J connectivity index is 1.61. The molecule has 4 nitrogen and oxygen atoms in total. The number of furan rings is 1. The number of anilines is 2. The minimum atomic E-state index is 0.529. The van der Waals surface area contributed by atoms with E-state index in [0.29, 0.717) is 11.4 Å². The molecule has 0 aliphatic heterocycles. The van der Waals surface area contributed by atoms with Crippen molar-refractivity contribution in [1.29, 1.82) is 5.26 Å². The van der Waals surface area contributed by atoms with Gasteiger partial charge in [-0.15, -0.1) is 0 Å². The van der Waals surface area contributed by atoms with Gasteiger partial charge in [0.2, 0.25) is 0 Å². The van der Waals surface area contributed by atoms with E-state index in [9.17, 15) is 5.26 Å². The first-order chi connectivity index (χ1) is 12.7. The van der Waals surface area contributed by atoms with Gasteiger partial charge in [0.1, 0.15) is 11.9 Å². The van der Waals surface area contributed by atoms with Crippen molar-refractivity contribution in [1.82, 2.24) is 4.98 Å². The Hall–Kier alpha value is -2.85. The minimum Gasteiger partial charge on any atom is -0.472 e. The largest absolute Gasteiger partial charge is 0.472 e. The molecule has 0 spiro atoms. The van der Waals surface area contributed by atoms with Crippen LogP contribution in [0.4, 0.5) is 11.5 Å². The van der Waals surface area contributed by atoms with Crippen LogP contribution in [0.15, 0.2) is 71.5 Å². The van der Waals surface area contributed by atoms with Gasteiger partial charge in [-0.05, 0) is 70.1 Å². The van der Waals surface area contributed by atoms with Crippen LogP contribution in [0.3, 0.4) is 0 Å². The highest BCUT2D eigenvalue weighted by Gasteiger charge is 2.08. The summed E-state index contributed by atoms with van der Waals surface area (Å²) in [7, 11) is 0. The summed E-state index contributed by atoms with van der Waals surface area (Å²) in [5.74, 6) is 0.574. The minimum absolute atomic E-state index is 0.529. The van der Waals surface area contributed by atoms with Crippen LogP contribution in [0.2, 0.25) is 0 Å². The van der Waals surface area contributed by atoms with Crippen LogP contribution < -0.4 is 5.32 Å². The first-order valence-electron chi connectivity index (χ1n) is 8.09. The number of fused-ring (bicyclic) bond motifs is 1. The number of nitriles is 1. The van der Waals surface area contributed by atoms with Crippen molar-refractivity contribution >= 4 is 45.0 Å². The van der Waals surface area contributed by atoms with Crippen molar-refractivity contribution in [3.63, 3.8) is 0 Å². The van der Waals surface area contributed by atoms with Crippen molar-refractivity contribution in [2.24, 2.45) is 0 Å². The molecule has 0 saturated carbocycles. The van der Waals surface area contributed by atoms with Crippen LogP contribution in [-0.2, 0) is 6.42 Å². The molecule has 126 valence electrons. The predicted octanol–water partition coefficient (Wildman–Crippen LogP) is 5.64. The summed E-state index contributed by atoms with van der Waals surface area (Å²) in [6, 6.07) is 20.2. The van der Waals surface area contributed by atoms with Gasteiger partial charge in [-0.2, -0.15) is 5.26 Å². The van der Waals surface area contributed by atoms with Gasteiger partial charge in [0.25, 0.3) is 0 Å². The first-order valence-corrected chi connectivity index (χ1v) is 9.16. The van der Waals surface area contributed by atoms with E-state index in [4.69, 9.17) is 4.42 Å². The summed E-state index contributed by atoms with van der Waals surface area (Å²) in [5.41, 5.74) is 4.63. The molecule has 1 N–H and O–H groups in total. The number of halogens is 1. The molecule has 0 bridgehead atoms. The Morgan fingerprint density at radius 2 is 1.88 bits per heavy atom. The number of hydrogen-bond acceptors (Lipinski definition) is 4. The molecule has 2 heterocycles. The SMILES string of the molecule is N#Cc1cc2ccc(I)cc2nc1Nc1ccc(Cc2ccoc2)cc1. The predicted molar refractivity (Wildman–Crippen MR) is 110 cm³/mol. The van der Waals surface area contributed by atoms with Gasteiger partial charge in [0.05, 0.1) is 23.6 Å². The lowest BCUT2D eigenvalue weighted by Gasteiger charge is -2.10. The van der Waals surface area contributed by atoms with Crippen LogP contribution in [0.1, 0.15) is 16.7 Å². The summed E-state index contributed by atoms with van der Waals surface area (Å²) >= 11 is 2.26. The Morgan fingerprint density at radius 1 is 1.04 bits per heavy atom. The number of pyridine rings is 1. The molecule has 0 atom stereocenters. The van der Waals surface area contributed by atoms with Gasteiger partial charge in [0.15, 0.2) is 0 Å². The fourth-order valence-corrected chi connectivity index (χ4v) is 3.27. The van der Waals surface area contributed by atoms with E-state index in [0.717, 1.165) is 32.1 Å². The van der Waals surface area contributed by atoms with Gasteiger partial charge >= 0.3 is 0 Å². The fourth-order valence-electron chi connectivity index (χ4n) is 2.79. The molecule has 0 aliphatic rings. The molecule has 0 amide bonds. The molecule has 0 unspecified atom stereocenters. The zero-order valence-corrected chi connectivity index (χ0v) is 15.9. The smallest absolute Gasteiger partial charge is 0.149 e. The number of hydrogen-bond donors (Lipinski definition) is 1. The first kappa shape index (κ1) is 16.6. The second-order valence-corrected chi connectivity index (χ2v) is 7.21. The molecule has 2 aromatic heterocycles. The van der Waals surface area contributed by atoms with Crippen molar-refractivity contribution < 1.29 is 4.42 Å². The second kappa shape index (κ2) is 7.18. The Bertz CT molecular complexity index is 1100. The van der Waals surface area contributed by atoms with Gasteiger partial charge < -0.3 is 9.73 Å². The molecule has 26 heavy (non-hydrogen) atoms. The zero-order valence-electron chi connectivity index (χ0n) is 13.7. The van der Waals surface area contributed by atoms with Crippen LogP contribution in [0.25, 0.3) is 10.9 Å². The summed E-state index contributed by atoms with van der Waals surface area (Å²) in [4.78, 5) is 4.63. The zero-order chi connectivity index (χ0) is 17.9. The lowest BCUT2D eigenvalue weighted by Crippen LogP contribution is -1.98. The van der Waals surface area contributed by atoms with Gasteiger partial charge in [-0.1, -0.05) is 18.2 Å². The standard InChI is InChI=1S/C21H14IN3O/c22-18-4-3-16-10-17(12-23)21(25-20(16)11-18)24-19-5-1-14(2-6-19)9-15-7-8-26-13-15/h1-8,10-11,13H,9H2,(H,24,25). The number of rotatable bonds is 4. The van der Waals surface area contributed by atoms with Crippen molar-refractivity contribution in [3.05, 3.63) is 87.4 Å². The number of aromatic nitrogens is 1. The lowest BCUT2D eigenvalue weighted by atomic mass is 10.1. The van der Waals surface area contributed by atoms with Crippen molar-refractivity contribution in [3.8, 4) is 6.07 Å². The summed E-state index contributed by atoms with van der Waals surface area (Å²) in [5, 5.41) is 13.7. The molecular formula is C21H14IN3O. The van der Waals surface area contributed by atoms with Crippen LogP contribution in [-0.4, -0.2) is 4.98 Å². The summed E-state index contributed by atoms with van der Waals surface area (Å²) in [6.07, 6.45) is 4.26. The van der Waals surface area contributed by atoms with Crippen molar-refractivity contribution in [2.75, 3.05) is 5.32 Å². The summed E-state index contributed by atoms with van der Waals surface area (Å²) < 4.78 is 6.22. The molecular weight excluding hydrogens is 437 g/mol. The topological polar surface area (TPSA) is 61.9 Å². The second-order valence-electron chi connectivity index (χ2n) is 5.96. The van der Waals surface area contributed by atoms with Gasteiger partial charge in [0, 0.05) is 21.1 Å². The Kier molecular flexibility index (Phi) is 4.59. The van der Waals surface area contributed by atoms with E-state index in [1.165, 1.54) is 5.56 Å². The highest BCUT2D eigenvalue weighted by molar-refractivity contribution is 14.1. The molecule has 0 radical (unpaired) electrons. The van der Waals surface area contributed by atoms with E-state index in [2.05, 4.69) is 51.1 Å². The lowest BCUT2D eigenvalue weighted by molar-refractivity contribution is 0.564. The van der Waals surface area contributed by atoms with E-state index in [-0.39, 0.29) is 0 Å². The maximum Gasteiger partial charge on any atom is 0.149 e. The quantitative estimate of drug-likeness (QED) is 0.408. The third kappa shape index (κ3) is 3.55. The Labute approximate surface area is 164 Å². The maximum atomic E-state index is 9.46. The molecule has 0 fully saturated rings. The summed E-state index contributed by atoms with van der Waals surface area (Å²) in [6.45, 7) is 0. The maximum absolute atomic E-state index is 9.46. The normalized spacial score (nSPS) is 10.6. The third-order valence-electron chi connectivity index (χ3n) is 4.11. The third-order valence-corrected chi connectivity index (χ3v) is 4.78. The van der Waals surface area contributed by atoms with E-state index in [1.807, 2.05) is 42.5 Å². The average Bonchev–Trinajstić information content (AvgIpc) is 3.16. The average molecular weight is 451 g/mol. The van der Waals surface area contributed by atoms with E-state index in [1.54, 1.807) is 12.5 Å². The van der Waals surface area contributed by atoms with Crippen LogP contribution in [0, 0.1) is 14.9 Å². The fraction of sp³-hybridized carbons (Fsp3) is 0.0476. The Morgan fingerprint density at radius 3 is 2.62 bits per heavy atom. The van der Waals surface area contributed by atoms with Crippen molar-refractivity contribution in [2.45, 2.75) is 6.42 Å². The molecule has 4 rings (SSSR count). The van der Waals surface area contributed by atoms with Gasteiger partial charge in [-0.3, -0.25) is 0 Å². The molecule has 0 aliphatic carbocycles. The van der Waals surface area contributed by atoms with E-state index < -0.39 is 0 Å². The molecule has 5 heteroatoms. The number of nitrogens with zero attached hydrogens (tertiary/aromatic N) is 2. The van der Waals surface area contributed by atoms with E-state index >= 15 is 0 Å². The van der Waals surface area contributed by atoms with Crippen LogP contribution >= 0.6 is 22.6 Å². The number of benzene rings is 2. The molecule has 2 aromatic carbocycles. The van der Waals surface area contributed by atoms with Crippen LogP contribution in [0.5, 0.6) is 0 Å².